The lowest BCUT2D eigenvalue weighted by Gasteiger charge is -2.27. The van der Waals surface area contributed by atoms with Crippen molar-refractivity contribution in [3.63, 3.8) is 0 Å². The smallest absolute Gasteiger partial charge is 0.236 e. The molecule has 0 aromatic heterocycles. The van der Waals surface area contributed by atoms with Crippen molar-refractivity contribution in [3.05, 3.63) is 0 Å². The highest BCUT2D eigenvalue weighted by atomic mass is 32.2. The second-order valence-electron chi connectivity index (χ2n) is 3.11. The summed E-state index contributed by atoms with van der Waals surface area (Å²) in [6.45, 7) is 5.47. The number of nitrogens with zero attached hydrogens (tertiary/aromatic N) is 1. The van der Waals surface area contributed by atoms with Crippen LogP contribution in [0.15, 0.2) is 0 Å². The van der Waals surface area contributed by atoms with E-state index in [2.05, 4.69) is 12.2 Å². The average Bonchev–Trinajstić information content (AvgIpc) is 2.15. The van der Waals surface area contributed by atoms with Gasteiger partial charge in [-0.1, -0.05) is 6.92 Å². The molecule has 0 bridgehead atoms. The Bertz CT molecular complexity index is 164. The van der Waals surface area contributed by atoms with Gasteiger partial charge in [-0.3, -0.25) is 4.79 Å². The number of hydrogen-bond donors (Lipinski definition) is 1. The Morgan fingerprint density at radius 2 is 2.46 bits per heavy atom. The summed E-state index contributed by atoms with van der Waals surface area (Å²) < 4.78 is 0. The van der Waals surface area contributed by atoms with E-state index in [1.807, 2.05) is 16.7 Å². The van der Waals surface area contributed by atoms with Crippen molar-refractivity contribution < 1.29 is 4.79 Å². The van der Waals surface area contributed by atoms with Crippen molar-refractivity contribution >= 4 is 17.7 Å². The molecule has 0 atom stereocenters. The number of amides is 1. The van der Waals surface area contributed by atoms with Crippen LogP contribution in [0.25, 0.3) is 0 Å². The van der Waals surface area contributed by atoms with Crippen LogP contribution in [-0.4, -0.2) is 48.5 Å². The number of carbonyl (C=O) groups is 1. The zero-order valence-electron chi connectivity index (χ0n) is 8.21. The molecule has 1 heterocycles. The summed E-state index contributed by atoms with van der Waals surface area (Å²) >= 11 is 1.94. The maximum Gasteiger partial charge on any atom is 0.236 e. The molecule has 3 nitrogen and oxygen atoms in total. The van der Waals surface area contributed by atoms with Gasteiger partial charge in [-0.15, -0.1) is 0 Å². The first-order valence-corrected chi connectivity index (χ1v) is 6.06. The summed E-state index contributed by atoms with van der Waals surface area (Å²) in [5, 5.41) is 3.07. The Hall–Kier alpha value is -0.220. The maximum atomic E-state index is 11.3. The minimum Gasteiger partial charge on any atom is -0.340 e. The monoisotopic (exact) mass is 202 g/mol. The van der Waals surface area contributed by atoms with Crippen LogP contribution in [0.2, 0.25) is 0 Å². The van der Waals surface area contributed by atoms with Gasteiger partial charge in [0.25, 0.3) is 0 Å². The van der Waals surface area contributed by atoms with Gasteiger partial charge >= 0.3 is 0 Å². The average molecular weight is 202 g/mol. The maximum absolute atomic E-state index is 11.3. The van der Waals surface area contributed by atoms with Crippen molar-refractivity contribution in [1.29, 1.82) is 0 Å². The van der Waals surface area contributed by atoms with Crippen LogP contribution in [-0.2, 0) is 4.79 Å². The van der Waals surface area contributed by atoms with Crippen LogP contribution in [0, 0.1) is 0 Å². The van der Waals surface area contributed by atoms with Gasteiger partial charge in [0.15, 0.2) is 0 Å². The highest BCUT2D eigenvalue weighted by Gasteiger charge is 2.16. The molecule has 0 spiro atoms. The quantitative estimate of drug-likeness (QED) is 0.661. The van der Waals surface area contributed by atoms with E-state index in [-0.39, 0.29) is 5.91 Å². The molecule has 76 valence electrons. The predicted molar refractivity (Wildman–Crippen MR) is 57.1 cm³/mol. The van der Waals surface area contributed by atoms with Crippen LogP contribution in [0.4, 0.5) is 0 Å². The van der Waals surface area contributed by atoms with Gasteiger partial charge < -0.3 is 10.2 Å². The van der Waals surface area contributed by atoms with E-state index >= 15 is 0 Å². The second-order valence-corrected chi connectivity index (χ2v) is 4.50. The predicted octanol–water partition coefficient (Wildman–Crippen LogP) is 0.561. The van der Waals surface area contributed by atoms with Crippen LogP contribution in [0.1, 0.15) is 13.3 Å². The summed E-state index contributed by atoms with van der Waals surface area (Å²) in [6, 6.07) is 0. The van der Waals surface area contributed by atoms with Crippen molar-refractivity contribution in [2.24, 2.45) is 0 Å². The summed E-state index contributed by atoms with van der Waals surface area (Å²) in [5.41, 5.74) is 0. The number of nitrogens with one attached hydrogen (secondary N) is 1. The molecule has 1 rings (SSSR count). The zero-order valence-corrected chi connectivity index (χ0v) is 9.03. The fourth-order valence-electron chi connectivity index (χ4n) is 1.38. The van der Waals surface area contributed by atoms with E-state index < -0.39 is 0 Å². The Balaban J connectivity index is 2.08. The molecule has 0 saturated carbocycles. The van der Waals surface area contributed by atoms with Gasteiger partial charge in [-0.25, -0.2) is 0 Å². The molecule has 1 aliphatic heterocycles. The first-order valence-electron chi connectivity index (χ1n) is 4.91. The van der Waals surface area contributed by atoms with Crippen LogP contribution in [0.3, 0.4) is 0 Å². The summed E-state index contributed by atoms with van der Waals surface area (Å²) in [6.07, 6.45) is 1.13. The molecule has 13 heavy (non-hydrogen) atoms. The summed E-state index contributed by atoms with van der Waals surface area (Å²) in [5.74, 6) is 2.61. The molecular weight excluding hydrogens is 184 g/mol. The van der Waals surface area contributed by atoms with Crippen LogP contribution < -0.4 is 5.32 Å². The Morgan fingerprint density at radius 1 is 1.62 bits per heavy atom. The third-order valence-electron chi connectivity index (χ3n) is 2.11. The van der Waals surface area contributed by atoms with Gasteiger partial charge in [-0.2, -0.15) is 11.8 Å². The molecule has 0 aromatic carbocycles. The highest BCUT2D eigenvalue weighted by molar-refractivity contribution is 7.99. The minimum atomic E-state index is 0.257. The first kappa shape index (κ1) is 10.9. The van der Waals surface area contributed by atoms with E-state index in [9.17, 15) is 4.79 Å². The fourth-order valence-corrected chi connectivity index (χ4v) is 2.01. The molecule has 1 fully saturated rings. The van der Waals surface area contributed by atoms with Crippen molar-refractivity contribution in [2.75, 3.05) is 37.7 Å². The lowest BCUT2D eigenvalue weighted by Crippen LogP contribution is -2.48. The Labute approximate surface area is 84.2 Å². The normalized spacial score (nSPS) is 17.9. The van der Waals surface area contributed by atoms with Crippen LogP contribution >= 0.6 is 11.8 Å². The SMILES string of the molecule is CCSCCCN1CCNCC1=O. The van der Waals surface area contributed by atoms with Gasteiger partial charge in [0.2, 0.25) is 5.91 Å². The number of carbonyl (C=O) groups excluding carboxylic acids is 1. The molecule has 1 aliphatic rings. The third kappa shape index (κ3) is 4.00. The highest BCUT2D eigenvalue weighted by Crippen LogP contribution is 2.03. The van der Waals surface area contributed by atoms with E-state index in [4.69, 9.17) is 0 Å². The second kappa shape index (κ2) is 6.27. The van der Waals surface area contributed by atoms with Gasteiger partial charge in [-0.05, 0) is 17.9 Å². The van der Waals surface area contributed by atoms with E-state index in [1.54, 1.807) is 0 Å². The van der Waals surface area contributed by atoms with E-state index in [1.165, 1.54) is 11.5 Å². The number of piperazine rings is 1. The van der Waals surface area contributed by atoms with Gasteiger partial charge in [0, 0.05) is 19.6 Å². The standard InChI is InChI=1S/C9H18N2OS/c1-2-13-7-3-5-11-6-4-10-8-9(11)12/h10H,2-8H2,1H3. The molecule has 0 aliphatic carbocycles. The topological polar surface area (TPSA) is 32.3 Å². The zero-order chi connectivity index (χ0) is 9.52. The van der Waals surface area contributed by atoms with Gasteiger partial charge in [0.05, 0.1) is 6.54 Å². The first-order chi connectivity index (χ1) is 6.34. The lowest BCUT2D eigenvalue weighted by atomic mass is 10.3. The molecule has 0 unspecified atom stereocenters. The number of hydrogen-bond acceptors (Lipinski definition) is 3. The fraction of sp³-hybridized carbons (Fsp3) is 0.889. The van der Waals surface area contributed by atoms with Crippen molar-refractivity contribution in [3.8, 4) is 0 Å². The molecule has 0 aromatic rings. The number of rotatable bonds is 5. The molecular formula is C9H18N2OS. The minimum absolute atomic E-state index is 0.257. The molecule has 1 N–H and O–H groups in total. The molecule has 1 amide bonds. The van der Waals surface area contributed by atoms with Crippen molar-refractivity contribution in [1.82, 2.24) is 10.2 Å². The van der Waals surface area contributed by atoms with E-state index in [0.717, 1.165) is 26.1 Å². The third-order valence-corrected chi connectivity index (χ3v) is 3.09. The van der Waals surface area contributed by atoms with Crippen molar-refractivity contribution in [2.45, 2.75) is 13.3 Å². The molecule has 4 heteroatoms. The van der Waals surface area contributed by atoms with E-state index in [0.29, 0.717) is 6.54 Å². The Kier molecular flexibility index (Phi) is 5.23. The Morgan fingerprint density at radius 3 is 3.15 bits per heavy atom. The summed E-state index contributed by atoms with van der Waals surface area (Å²) in [4.78, 5) is 13.3. The lowest BCUT2D eigenvalue weighted by molar-refractivity contribution is -0.131. The largest absolute Gasteiger partial charge is 0.340 e. The van der Waals surface area contributed by atoms with Crippen LogP contribution in [0.5, 0.6) is 0 Å². The van der Waals surface area contributed by atoms with Gasteiger partial charge in [0.1, 0.15) is 0 Å². The molecule has 0 radical (unpaired) electrons. The molecule has 1 saturated heterocycles. The number of thioether (sulfide) groups is 1. The summed E-state index contributed by atoms with van der Waals surface area (Å²) in [7, 11) is 0.